The first-order valence-electron chi connectivity index (χ1n) is 6.60. The largest absolute Gasteiger partial charge is 1.00 e. The van der Waals surface area contributed by atoms with Gasteiger partial charge in [0.2, 0.25) is 0 Å². The molecule has 2 aromatic rings. The van der Waals surface area contributed by atoms with Crippen LogP contribution in [0.1, 0.15) is 42.1 Å². The van der Waals surface area contributed by atoms with E-state index in [9.17, 15) is 9.90 Å². The van der Waals surface area contributed by atoms with E-state index in [0.717, 1.165) is 18.4 Å². The number of hydrogen-bond acceptors (Lipinski definition) is 4. The number of imidazole rings is 1. The molecule has 7 heteroatoms. The van der Waals surface area contributed by atoms with Gasteiger partial charge in [-0.15, -0.1) is 0 Å². The number of rotatable bonds is 4. The average molecular weight is 300 g/mol. The van der Waals surface area contributed by atoms with Crippen LogP contribution in [0.25, 0.3) is 5.65 Å². The molecule has 106 valence electrons. The van der Waals surface area contributed by atoms with E-state index in [1.807, 2.05) is 6.20 Å². The normalized spacial score (nSPS) is 16.3. The molecule has 1 aliphatic rings. The summed E-state index contributed by atoms with van der Waals surface area (Å²) in [4.78, 5) is 15.2. The molecular weight excluding hydrogens is 285 g/mol. The topological polar surface area (TPSA) is 69.5 Å². The van der Waals surface area contributed by atoms with E-state index in [1.165, 1.54) is 12.6 Å². The van der Waals surface area contributed by atoms with Crippen molar-refractivity contribution in [3.8, 4) is 0 Å². The predicted octanol–water partition coefficient (Wildman–Crippen LogP) is -1.61. The number of nitrogens with zero attached hydrogens (tertiary/aromatic N) is 2. The van der Waals surface area contributed by atoms with Crippen molar-refractivity contribution < 1.29 is 28.8 Å². The fourth-order valence-corrected chi connectivity index (χ4v) is 2.74. The summed E-state index contributed by atoms with van der Waals surface area (Å²) < 4.78 is 1.58. The minimum absolute atomic E-state index is 0. The Morgan fingerprint density at radius 2 is 2.29 bits per heavy atom. The number of carboxylic acids is 1. The van der Waals surface area contributed by atoms with Crippen LogP contribution in [0, 0.1) is 0 Å². The van der Waals surface area contributed by atoms with Gasteiger partial charge in [0.05, 0.1) is 12.2 Å². The summed E-state index contributed by atoms with van der Waals surface area (Å²) in [6.45, 7) is 2.78. The molecule has 0 aliphatic heterocycles. The molecule has 1 saturated carbocycles. The van der Waals surface area contributed by atoms with Gasteiger partial charge >= 0.3 is 18.9 Å². The van der Waals surface area contributed by atoms with Gasteiger partial charge in [0.25, 0.3) is 0 Å². The molecule has 1 fully saturated rings. The molecule has 0 radical (unpaired) electrons. The number of pyridine rings is 1. The Hall–Kier alpha value is -0.993. The summed E-state index contributed by atoms with van der Waals surface area (Å²) in [5.41, 5.74) is 1.39. The van der Waals surface area contributed by atoms with Gasteiger partial charge in [0, 0.05) is 23.8 Å². The Labute approximate surface area is 139 Å². The Morgan fingerprint density at radius 1 is 1.57 bits per heavy atom. The molecule has 0 atom stereocenters. The standard InChI is InChI=1S/C14H16ClN3O2.Li/c1-14(3-2-4-14)17-6-9-5-10(13(19)20)12-16-7-11(15)18(12)8-9;/h5,7-8,17H,2-4,6H2,1H3,(H,19,20);/q;+1/p-1. The first-order chi connectivity index (χ1) is 9.48. The van der Waals surface area contributed by atoms with E-state index in [1.54, 1.807) is 10.5 Å². The Bertz CT molecular complexity index is 682. The Morgan fingerprint density at radius 3 is 2.86 bits per heavy atom. The average Bonchev–Trinajstić information content (AvgIpc) is 2.75. The number of fused-ring (bicyclic) bond motifs is 1. The van der Waals surface area contributed by atoms with Gasteiger partial charge in [-0.05, 0) is 37.8 Å². The molecule has 2 aromatic heterocycles. The minimum atomic E-state index is -1.24. The molecule has 0 amide bonds. The van der Waals surface area contributed by atoms with Crippen molar-refractivity contribution in [3.05, 3.63) is 34.7 Å². The van der Waals surface area contributed by atoms with Crippen molar-refractivity contribution in [1.82, 2.24) is 14.7 Å². The summed E-state index contributed by atoms with van der Waals surface area (Å²) in [6, 6.07) is 1.60. The van der Waals surface area contributed by atoms with Crippen molar-refractivity contribution in [1.29, 1.82) is 0 Å². The SMILES string of the molecule is CC1(NCc2cc(C(=O)[O-])c3ncc(Cl)n3c2)CCC1.[Li+]. The second-order valence-electron chi connectivity index (χ2n) is 5.59. The summed E-state index contributed by atoms with van der Waals surface area (Å²) in [7, 11) is 0. The van der Waals surface area contributed by atoms with Gasteiger partial charge in [-0.2, -0.15) is 0 Å². The van der Waals surface area contributed by atoms with Gasteiger partial charge in [0.15, 0.2) is 0 Å². The molecule has 0 spiro atoms. The third kappa shape index (κ3) is 3.12. The number of hydrogen-bond donors (Lipinski definition) is 1. The number of carboxylic acid groups (broad SMARTS) is 1. The van der Waals surface area contributed by atoms with E-state index in [2.05, 4.69) is 17.2 Å². The molecule has 5 nitrogen and oxygen atoms in total. The first kappa shape index (κ1) is 16.4. The summed E-state index contributed by atoms with van der Waals surface area (Å²) in [6.07, 6.45) is 6.78. The molecule has 2 heterocycles. The van der Waals surface area contributed by atoms with Crippen LogP contribution >= 0.6 is 11.6 Å². The molecule has 0 bridgehead atoms. The summed E-state index contributed by atoms with van der Waals surface area (Å²) in [5.74, 6) is -1.24. The number of aromatic nitrogens is 2. The molecule has 1 aliphatic carbocycles. The van der Waals surface area contributed by atoms with Gasteiger partial charge in [0.1, 0.15) is 10.8 Å². The molecule has 1 N–H and O–H groups in total. The Balaban J connectivity index is 0.00000161. The molecule has 0 unspecified atom stereocenters. The van der Waals surface area contributed by atoms with Gasteiger partial charge in [-0.3, -0.25) is 4.40 Å². The number of carbonyl (C=O) groups excluding carboxylic acids is 1. The maximum absolute atomic E-state index is 11.2. The number of aromatic carboxylic acids is 1. The second kappa shape index (κ2) is 6.02. The zero-order valence-corrected chi connectivity index (χ0v) is 12.9. The van der Waals surface area contributed by atoms with E-state index in [0.29, 0.717) is 17.3 Å². The molecular formula is C14H15ClLiN3O2. The molecule has 21 heavy (non-hydrogen) atoms. The van der Waals surface area contributed by atoms with Crippen molar-refractivity contribution in [2.45, 2.75) is 38.3 Å². The van der Waals surface area contributed by atoms with Crippen molar-refractivity contribution in [2.24, 2.45) is 0 Å². The van der Waals surface area contributed by atoms with Crippen LogP contribution in [0.2, 0.25) is 5.15 Å². The van der Waals surface area contributed by atoms with Crippen molar-refractivity contribution in [2.75, 3.05) is 0 Å². The number of carbonyl (C=O) groups is 1. The third-order valence-corrected chi connectivity index (χ3v) is 4.29. The van der Waals surface area contributed by atoms with Crippen molar-refractivity contribution >= 4 is 23.2 Å². The van der Waals surface area contributed by atoms with Crippen LogP contribution in [-0.2, 0) is 6.54 Å². The minimum Gasteiger partial charge on any atom is -0.545 e. The monoisotopic (exact) mass is 299 g/mol. The molecule has 0 aromatic carbocycles. The van der Waals surface area contributed by atoms with E-state index < -0.39 is 5.97 Å². The van der Waals surface area contributed by atoms with Gasteiger partial charge in [-0.1, -0.05) is 11.6 Å². The van der Waals surface area contributed by atoms with Crippen LogP contribution in [0.5, 0.6) is 0 Å². The summed E-state index contributed by atoms with van der Waals surface area (Å²) >= 11 is 6.02. The number of nitrogens with one attached hydrogen (secondary N) is 1. The van der Waals surface area contributed by atoms with Crippen LogP contribution < -0.4 is 29.3 Å². The maximum Gasteiger partial charge on any atom is 1.00 e. The third-order valence-electron chi connectivity index (χ3n) is 4.01. The quantitative estimate of drug-likeness (QED) is 0.690. The van der Waals surface area contributed by atoms with E-state index in [-0.39, 0.29) is 30.0 Å². The van der Waals surface area contributed by atoms with Crippen molar-refractivity contribution in [3.63, 3.8) is 0 Å². The van der Waals surface area contributed by atoms with Gasteiger partial charge in [-0.25, -0.2) is 4.98 Å². The zero-order chi connectivity index (χ0) is 14.3. The Kier molecular flexibility index (Phi) is 4.69. The van der Waals surface area contributed by atoms with E-state index >= 15 is 0 Å². The fraction of sp³-hybridized carbons (Fsp3) is 0.429. The van der Waals surface area contributed by atoms with Crippen LogP contribution in [0.15, 0.2) is 18.5 Å². The van der Waals surface area contributed by atoms with Crippen LogP contribution in [-0.4, -0.2) is 20.9 Å². The molecule has 3 rings (SSSR count). The number of halogens is 1. The van der Waals surface area contributed by atoms with Crippen LogP contribution in [0.3, 0.4) is 0 Å². The zero-order valence-electron chi connectivity index (χ0n) is 12.1. The second-order valence-corrected chi connectivity index (χ2v) is 5.98. The van der Waals surface area contributed by atoms with Crippen LogP contribution in [0.4, 0.5) is 0 Å². The smallest absolute Gasteiger partial charge is 0.545 e. The first-order valence-corrected chi connectivity index (χ1v) is 6.98. The van der Waals surface area contributed by atoms with E-state index in [4.69, 9.17) is 11.6 Å². The molecule has 0 saturated heterocycles. The summed E-state index contributed by atoms with van der Waals surface area (Å²) in [5, 5.41) is 15.1. The maximum atomic E-state index is 11.2. The van der Waals surface area contributed by atoms with Gasteiger partial charge < -0.3 is 15.2 Å². The predicted molar refractivity (Wildman–Crippen MR) is 73.6 cm³/mol. The fourth-order valence-electron chi connectivity index (χ4n) is 2.56.